The summed E-state index contributed by atoms with van der Waals surface area (Å²) in [5.41, 5.74) is 3.38. The van der Waals surface area contributed by atoms with Crippen LogP contribution in [0.25, 0.3) is 10.8 Å². The average Bonchev–Trinajstić information content (AvgIpc) is 3.04. The Hall–Kier alpha value is -3.60. The molecular formula is C25H25N3O2. The summed E-state index contributed by atoms with van der Waals surface area (Å²) in [4.78, 5) is 12.8. The molecule has 1 N–H and O–H groups in total. The van der Waals surface area contributed by atoms with Gasteiger partial charge >= 0.3 is 0 Å². The van der Waals surface area contributed by atoms with Crippen LogP contribution in [0.3, 0.4) is 0 Å². The van der Waals surface area contributed by atoms with Crippen LogP contribution in [0, 0.1) is 13.8 Å². The lowest BCUT2D eigenvalue weighted by atomic mass is 10.1. The Morgan fingerprint density at radius 3 is 2.53 bits per heavy atom. The molecule has 0 fully saturated rings. The molecule has 0 bridgehead atoms. The minimum atomic E-state index is -0.120. The summed E-state index contributed by atoms with van der Waals surface area (Å²) in [6.45, 7) is 5.27. The molecule has 0 aliphatic heterocycles. The normalized spacial score (nSPS) is 10.9. The fourth-order valence-electron chi connectivity index (χ4n) is 3.67. The molecule has 0 saturated heterocycles. The highest BCUT2D eigenvalue weighted by molar-refractivity contribution is 5.96. The van der Waals surface area contributed by atoms with Crippen molar-refractivity contribution in [3.63, 3.8) is 0 Å². The van der Waals surface area contributed by atoms with Crippen LogP contribution in [-0.2, 0) is 6.54 Å². The van der Waals surface area contributed by atoms with Crippen molar-refractivity contribution < 1.29 is 9.53 Å². The number of aryl methyl sites for hydroxylation is 1. The molecule has 1 amide bonds. The number of carbonyl (C=O) groups is 1. The zero-order valence-corrected chi connectivity index (χ0v) is 17.3. The molecule has 152 valence electrons. The van der Waals surface area contributed by atoms with Gasteiger partial charge in [-0.05, 0) is 30.9 Å². The summed E-state index contributed by atoms with van der Waals surface area (Å²) in [5, 5.41) is 9.72. The Balaban J connectivity index is 1.37. The van der Waals surface area contributed by atoms with Gasteiger partial charge in [0, 0.05) is 11.1 Å². The number of hydrogen-bond acceptors (Lipinski definition) is 3. The molecule has 0 saturated carbocycles. The van der Waals surface area contributed by atoms with E-state index >= 15 is 0 Å². The Labute approximate surface area is 176 Å². The highest BCUT2D eigenvalue weighted by atomic mass is 16.5. The summed E-state index contributed by atoms with van der Waals surface area (Å²) in [6, 6.07) is 24.2. The van der Waals surface area contributed by atoms with Crippen molar-refractivity contribution in [2.45, 2.75) is 20.4 Å². The van der Waals surface area contributed by atoms with Crippen LogP contribution in [-0.4, -0.2) is 28.8 Å². The highest BCUT2D eigenvalue weighted by Gasteiger charge is 2.18. The quantitative estimate of drug-likeness (QED) is 0.465. The van der Waals surface area contributed by atoms with Gasteiger partial charge < -0.3 is 10.1 Å². The van der Waals surface area contributed by atoms with Crippen LogP contribution in [0.15, 0.2) is 72.8 Å². The average molecular weight is 399 g/mol. The first-order valence-corrected chi connectivity index (χ1v) is 10.1. The van der Waals surface area contributed by atoms with E-state index in [1.54, 1.807) is 0 Å². The van der Waals surface area contributed by atoms with Gasteiger partial charge in [0.25, 0.3) is 5.91 Å². The molecule has 3 aromatic carbocycles. The number of nitrogens with zero attached hydrogens (tertiary/aromatic N) is 2. The van der Waals surface area contributed by atoms with Crippen molar-refractivity contribution in [1.82, 2.24) is 15.1 Å². The molecule has 4 aromatic rings. The van der Waals surface area contributed by atoms with E-state index in [0.717, 1.165) is 33.5 Å². The first-order chi connectivity index (χ1) is 14.6. The first-order valence-electron chi connectivity index (χ1n) is 10.1. The molecule has 0 atom stereocenters. The van der Waals surface area contributed by atoms with Gasteiger partial charge in [0.1, 0.15) is 12.4 Å². The van der Waals surface area contributed by atoms with Crippen molar-refractivity contribution in [3.05, 3.63) is 95.3 Å². The summed E-state index contributed by atoms with van der Waals surface area (Å²) >= 11 is 0. The van der Waals surface area contributed by atoms with Gasteiger partial charge in [-0.15, -0.1) is 0 Å². The van der Waals surface area contributed by atoms with Crippen LogP contribution in [0.1, 0.15) is 27.3 Å². The van der Waals surface area contributed by atoms with Crippen LogP contribution in [0.4, 0.5) is 0 Å². The Kier molecular flexibility index (Phi) is 5.80. The Morgan fingerprint density at radius 2 is 1.70 bits per heavy atom. The predicted octanol–water partition coefficient (Wildman–Crippen LogP) is 4.51. The summed E-state index contributed by atoms with van der Waals surface area (Å²) in [5.74, 6) is 0.705. The molecule has 0 radical (unpaired) electrons. The second-order valence-corrected chi connectivity index (χ2v) is 7.27. The fourth-order valence-corrected chi connectivity index (χ4v) is 3.67. The number of aromatic nitrogens is 2. The maximum atomic E-state index is 12.8. The number of benzene rings is 3. The molecule has 0 unspecified atom stereocenters. The van der Waals surface area contributed by atoms with E-state index in [1.165, 1.54) is 0 Å². The second-order valence-electron chi connectivity index (χ2n) is 7.27. The predicted molar refractivity (Wildman–Crippen MR) is 119 cm³/mol. The fraction of sp³-hybridized carbons (Fsp3) is 0.200. The summed E-state index contributed by atoms with van der Waals surface area (Å²) in [6.07, 6.45) is 0. The highest BCUT2D eigenvalue weighted by Crippen LogP contribution is 2.24. The Bertz CT molecular complexity index is 1160. The number of rotatable bonds is 7. The zero-order chi connectivity index (χ0) is 20.9. The topological polar surface area (TPSA) is 56.2 Å². The SMILES string of the molecule is Cc1nn(Cc2ccccc2)c(C)c1C(=O)NCCOc1cccc2ccccc12. The van der Waals surface area contributed by atoms with Gasteiger partial charge in [0.05, 0.1) is 24.3 Å². The number of nitrogens with one attached hydrogen (secondary N) is 1. The largest absolute Gasteiger partial charge is 0.491 e. The van der Waals surface area contributed by atoms with Gasteiger partial charge in [-0.25, -0.2) is 0 Å². The van der Waals surface area contributed by atoms with Crippen molar-refractivity contribution in [2.75, 3.05) is 13.2 Å². The number of ether oxygens (including phenoxy) is 1. The lowest BCUT2D eigenvalue weighted by Gasteiger charge is -2.10. The molecule has 1 heterocycles. The van der Waals surface area contributed by atoms with Gasteiger partial charge in [0.2, 0.25) is 0 Å². The summed E-state index contributed by atoms with van der Waals surface area (Å²) in [7, 11) is 0. The minimum absolute atomic E-state index is 0.120. The van der Waals surface area contributed by atoms with Crippen LogP contribution in [0.2, 0.25) is 0 Å². The van der Waals surface area contributed by atoms with E-state index in [2.05, 4.69) is 34.7 Å². The number of hydrogen-bond donors (Lipinski definition) is 1. The van der Waals surface area contributed by atoms with E-state index < -0.39 is 0 Å². The van der Waals surface area contributed by atoms with Crippen molar-refractivity contribution in [3.8, 4) is 5.75 Å². The third-order valence-corrected chi connectivity index (χ3v) is 5.18. The number of fused-ring (bicyclic) bond motifs is 1. The maximum absolute atomic E-state index is 12.8. The van der Waals surface area contributed by atoms with E-state index in [4.69, 9.17) is 4.74 Å². The third-order valence-electron chi connectivity index (χ3n) is 5.18. The van der Waals surface area contributed by atoms with E-state index in [1.807, 2.05) is 67.1 Å². The molecule has 0 aliphatic carbocycles. The van der Waals surface area contributed by atoms with Crippen LogP contribution >= 0.6 is 0 Å². The van der Waals surface area contributed by atoms with Crippen molar-refractivity contribution >= 4 is 16.7 Å². The smallest absolute Gasteiger partial charge is 0.255 e. The van der Waals surface area contributed by atoms with Crippen molar-refractivity contribution in [1.29, 1.82) is 0 Å². The second kappa shape index (κ2) is 8.82. The standard InChI is InChI=1S/C25H25N3O2/c1-18-24(19(2)28(27-18)17-20-9-4-3-5-10-20)25(29)26-15-16-30-23-14-8-12-21-11-6-7-13-22(21)23/h3-14H,15-17H2,1-2H3,(H,26,29). The Morgan fingerprint density at radius 1 is 0.967 bits per heavy atom. The molecule has 1 aromatic heterocycles. The van der Waals surface area contributed by atoms with E-state index in [0.29, 0.717) is 25.3 Å². The van der Waals surface area contributed by atoms with Crippen molar-refractivity contribution in [2.24, 2.45) is 0 Å². The van der Waals surface area contributed by atoms with E-state index in [9.17, 15) is 4.79 Å². The first kappa shape index (κ1) is 19.7. The zero-order valence-electron chi connectivity index (χ0n) is 17.3. The number of amides is 1. The molecular weight excluding hydrogens is 374 g/mol. The molecule has 4 rings (SSSR count). The molecule has 0 aliphatic rings. The van der Waals surface area contributed by atoms with Gasteiger partial charge in [0.15, 0.2) is 0 Å². The lowest BCUT2D eigenvalue weighted by Crippen LogP contribution is -2.29. The maximum Gasteiger partial charge on any atom is 0.255 e. The van der Waals surface area contributed by atoms with Crippen LogP contribution < -0.4 is 10.1 Å². The van der Waals surface area contributed by atoms with Crippen LogP contribution in [0.5, 0.6) is 5.75 Å². The summed E-state index contributed by atoms with van der Waals surface area (Å²) < 4.78 is 7.80. The molecule has 5 heteroatoms. The molecule has 5 nitrogen and oxygen atoms in total. The number of carbonyl (C=O) groups excluding carboxylic acids is 1. The lowest BCUT2D eigenvalue weighted by molar-refractivity contribution is 0.0946. The molecule has 30 heavy (non-hydrogen) atoms. The monoisotopic (exact) mass is 399 g/mol. The minimum Gasteiger partial charge on any atom is -0.491 e. The third kappa shape index (κ3) is 4.20. The van der Waals surface area contributed by atoms with E-state index in [-0.39, 0.29) is 5.91 Å². The van der Waals surface area contributed by atoms with Gasteiger partial charge in [-0.1, -0.05) is 66.7 Å². The molecule has 0 spiro atoms. The van der Waals surface area contributed by atoms with Gasteiger partial charge in [-0.3, -0.25) is 9.48 Å². The van der Waals surface area contributed by atoms with Gasteiger partial charge in [-0.2, -0.15) is 5.10 Å².